The number of ether oxygens (including phenoxy) is 3. The number of nitrogens with one attached hydrogen (secondary N) is 2. The first-order chi connectivity index (χ1) is 29.9. The van der Waals surface area contributed by atoms with Crippen LogP contribution in [0.1, 0.15) is 36.0 Å². The molecule has 0 amide bonds. The zero-order chi connectivity index (χ0) is 44.1. The minimum Gasteiger partial charge on any atom is -0.508 e. The maximum atomic E-state index is 13.5. The van der Waals surface area contributed by atoms with Gasteiger partial charge >= 0.3 is 11.9 Å². The van der Waals surface area contributed by atoms with Crippen LogP contribution in [0.5, 0.6) is 11.5 Å². The van der Waals surface area contributed by atoms with Gasteiger partial charge in [-0.15, -0.1) is 0 Å². The van der Waals surface area contributed by atoms with Gasteiger partial charge in [-0.3, -0.25) is 10.1 Å². The standard InChI is InChI=1S/C44H45N3O15/c1-23-17-24(5-2-3-15-48)19-27(18-23)35-33-26(12-14-46-33)21-47(35)62-40-38(53)37(52)39(43(57)61-42(56)34(41(54)55)45-13-4-16-49)60-44(40)59-29-10-11-30-32(20-29)58-22-31(36(30)51)25-6-8-28(50)9-7-25/h6-12,14,16-20,22,34,37-40,43-45,48,50,52-53,57H,2-5,13,15,21H2,1H3,(H,54,55)/p+1/t34-,37-,38-,39-,40+,43+,44+/m1/s1. The zero-order valence-corrected chi connectivity index (χ0v) is 33.4. The van der Waals surface area contributed by atoms with Gasteiger partial charge in [0.25, 0.3) is 0 Å². The van der Waals surface area contributed by atoms with Crippen LogP contribution in [0.25, 0.3) is 27.8 Å². The number of hydrogen-bond donors (Lipinski definition) is 8. The summed E-state index contributed by atoms with van der Waals surface area (Å²) in [7, 11) is 0. The Labute approximate surface area is 353 Å². The first-order valence-corrected chi connectivity index (χ1v) is 19.9. The number of quaternary nitrogens is 1. The van der Waals surface area contributed by atoms with Crippen molar-refractivity contribution in [1.82, 2.24) is 5.32 Å². The number of hydroxylamine groups is 2. The molecule has 4 aromatic rings. The van der Waals surface area contributed by atoms with Crippen LogP contribution in [0, 0.1) is 6.92 Å². The van der Waals surface area contributed by atoms with Crippen molar-refractivity contribution in [2.45, 2.75) is 75.6 Å². The minimum atomic E-state index is -2.35. The SMILES string of the molecule is Cc1cc(CCCCO)cc(C2=C3N=CC=C3C[NH+]2O[C@@H]2[C@@H](Oc3ccc4c(=O)c(-c5ccc(O)cc5)coc4c3)O[C@@H]([C@@H](O)OC(=O)[C@H](NCCC=O)C(=O)O)[C@H](O)[C@H]2O)c1. The fourth-order valence-electron chi connectivity index (χ4n) is 7.57. The number of unbranched alkanes of at least 4 members (excludes halogenated alkanes) is 1. The van der Waals surface area contributed by atoms with Gasteiger partial charge in [-0.2, -0.15) is 9.90 Å². The number of aliphatic imine (C=N–C) groups is 1. The molecule has 0 spiro atoms. The van der Waals surface area contributed by atoms with E-state index in [1.54, 1.807) is 18.3 Å². The molecule has 62 heavy (non-hydrogen) atoms. The normalized spacial score (nSPS) is 22.9. The number of aldehydes is 1. The first-order valence-electron chi connectivity index (χ1n) is 19.9. The molecule has 326 valence electrons. The Morgan fingerprint density at radius 3 is 2.58 bits per heavy atom. The molecule has 1 fully saturated rings. The van der Waals surface area contributed by atoms with Crippen molar-refractivity contribution >= 4 is 41.1 Å². The summed E-state index contributed by atoms with van der Waals surface area (Å²) in [5.74, 6) is -3.09. The molecule has 0 radical (unpaired) electrons. The van der Waals surface area contributed by atoms with E-state index in [4.69, 9.17) is 23.5 Å². The summed E-state index contributed by atoms with van der Waals surface area (Å²) in [6, 6.07) is 14.3. The number of esters is 1. The molecule has 0 aliphatic carbocycles. The van der Waals surface area contributed by atoms with Crippen molar-refractivity contribution in [3.8, 4) is 22.6 Å². The second-order valence-corrected chi connectivity index (χ2v) is 15.0. The van der Waals surface area contributed by atoms with Gasteiger partial charge in [0.15, 0.2) is 17.2 Å². The molecule has 1 saturated heterocycles. The number of carbonyl (C=O) groups is 3. The quantitative estimate of drug-likeness (QED) is 0.0225. The second kappa shape index (κ2) is 19.3. The van der Waals surface area contributed by atoms with Crippen molar-refractivity contribution in [2.24, 2.45) is 4.99 Å². The Hall–Kier alpha value is -6.09. The second-order valence-electron chi connectivity index (χ2n) is 15.0. The van der Waals surface area contributed by atoms with E-state index in [1.807, 2.05) is 31.2 Å². The van der Waals surface area contributed by atoms with Gasteiger partial charge in [-0.05, 0) is 79.8 Å². The highest BCUT2D eigenvalue weighted by Gasteiger charge is 2.54. The van der Waals surface area contributed by atoms with Crippen LogP contribution >= 0.6 is 0 Å². The number of aliphatic hydroxyl groups is 4. The van der Waals surface area contributed by atoms with Crippen molar-refractivity contribution < 1.29 is 73.6 Å². The van der Waals surface area contributed by atoms with E-state index in [0.717, 1.165) is 28.7 Å². The van der Waals surface area contributed by atoms with E-state index in [2.05, 4.69) is 10.3 Å². The van der Waals surface area contributed by atoms with E-state index in [-0.39, 0.29) is 59.6 Å². The number of carboxylic acids is 1. The predicted molar refractivity (Wildman–Crippen MR) is 218 cm³/mol. The maximum Gasteiger partial charge on any atom is 0.337 e. The van der Waals surface area contributed by atoms with Crippen LogP contribution in [-0.2, 0) is 35.1 Å². The average molecular weight is 857 g/mol. The van der Waals surface area contributed by atoms with E-state index in [1.165, 1.54) is 36.6 Å². The van der Waals surface area contributed by atoms with Crippen LogP contribution in [0.4, 0.5) is 0 Å². The molecule has 0 bridgehead atoms. The Morgan fingerprint density at radius 1 is 1.05 bits per heavy atom. The highest BCUT2D eigenvalue weighted by atomic mass is 16.8. The molecule has 7 rings (SSSR count). The molecular formula is C44H46N3O15+. The minimum absolute atomic E-state index is 0.0216. The summed E-state index contributed by atoms with van der Waals surface area (Å²) >= 11 is 0. The Morgan fingerprint density at radius 2 is 1.84 bits per heavy atom. The zero-order valence-electron chi connectivity index (χ0n) is 33.4. The fourth-order valence-corrected chi connectivity index (χ4v) is 7.57. The molecular weight excluding hydrogens is 810 g/mol. The van der Waals surface area contributed by atoms with Crippen LogP contribution < -0.4 is 20.5 Å². The number of hydrogen-bond acceptors (Lipinski definition) is 16. The van der Waals surface area contributed by atoms with Crippen LogP contribution in [-0.4, -0.2) is 118 Å². The third kappa shape index (κ3) is 9.52. The number of aliphatic hydroxyl groups excluding tert-OH is 4. The van der Waals surface area contributed by atoms with Gasteiger partial charge in [0.05, 0.1) is 10.9 Å². The van der Waals surface area contributed by atoms with Gasteiger partial charge in [0, 0.05) is 43.0 Å². The molecule has 8 atom stereocenters. The molecule has 1 unspecified atom stereocenters. The molecule has 0 saturated carbocycles. The number of phenols is 1. The topological polar surface area (TPSA) is 269 Å². The van der Waals surface area contributed by atoms with Gasteiger partial charge < -0.3 is 54.1 Å². The number of carbonyl (C=O) groups excluding carboxylic acids is 2. The average Bonchev–Trinajstić information content (AvgIpc) is 3.83. The lowest BCUT2D eigenvalue weighted by Gasteiger charge is -2.42. The number of benzene rings is 3. The lowest BCUT2D eigenvalue weighted by molar-refractivity contribution is -1.04. The summed E-state index contributed by atoms with van der Waals surface area (Å²) in [6.07, 6.45) is -4.16. The number of phenolic OH excluding ortho intramolecular Hbond substituents is 1. The first kappa shape index (κ1) is 44.0. The molecule has 3 aliphatic heterocycles. The van der Waals surface area contributed by atoms with Crippen molar-refractivity contribution in [2.75, 3.05) is 19.7 Å². The molecule has 3 aliphatic rings. The molecule has 18 heteroatoms. The third-order valence-corrected chi connectivity index (χ3v) is 10.6. The Bertz CT molecular complexity index is 2460. The highest BCUT2D eigenvalue weighted by Crippen LogP contribution is 2.33. The smallest absolute Gasteiger partial charge is 0.337 e. The Balaban J connectivity index is 1.20. The lowest BCUT2D eigenvalue weighted by atomic mass is 9.98. The van der Waals surface area contributed by atoms with Crippen LogP contribution in [0.3, 0.4) is 0 Å². The van der Waals surface area contributed by atoms with Crippen LogP contribution in [0.15, 0.2) is 98.5 Å². The molecule has 3 aromatic carbocycles. The monoisotopic (exact) mass is 856 g/mol. The summed E-state index contributed by atoms with van der Waals surface area (Å²) in [5, 5.41) is 65.8. The maximum absolute atomic E-state index is 13.5. The van der Waals surface area contributed by atoms with Gasteiger partial charge in [-0.1, -0.05) is 23.8 Å². The van der Waals surface area contributed by atoms with Crippen molar-refractivity contribution in [3.05, 3.63) is 111 Å². The van der Waals surface area contributed by atoms with Gasteiger partial charge in [0.2, 0.25) is 24.7 Å². The summed E-state index contributed by atoms with van der Waals surface area (Å²) in [4.78, 5) is 60.2. The number of allylic oxidation sites excluding steroid dienone is 1. The Kier molecular flexibility index (Phi) is 13.7. The number of carboxylic acid groups (broad SMARTS) is 1. The number of nitrogens with zero attached hydrogens (tertiary/aromatic N) is 1. The number of fused-ring (bicyclic) bond motifs is 2. The number of aromatic hydroxyl groups is 1. The molecule has 8 N–H and O–H groups in total. The predicted octanol–water partition coefficient (Wildman–Crippen LogP) is 0.686. The molecule has 18 nitrogen and oxygen atoms in total. The van der Waals surface area contributed by atoms with E-state index >= 15 is 0 Å². The van der Waals surface area contributed by atoms with Crippen molar-refractivity contribution in [3.63, 3.8) is 0 Å². The van der Waals surface area contributed by atoms with E-state index in [0.29, 0.717) is 41.1 Å². The summed E-state index contributed by atoms with van der Waals surface area (Å²) < 4.78 is 23.1. The van der Waals surface area contributed by atoms with E-state index in [9.17, 15) is 49.8 Å². The van der Waals surface area contributed by atoms with Gasteiger partial charge in [-0.25, -0.2) is 14.6 Å². The lowest BCUT2D eigenvalue weighted by Crippen LogP contribution is -3.08. The largest absolute Gasteiger partial charge is 0.508 e. The summed E-state index contributed by atoms with van der Waals surface area (Å²) in [5.41, 5.74) is 5.29. The van der Waals surface area contributed by atoms with Gasteiger partial charge in [0.1, 0.15) is 54.1 Å². The number of aliphatic carboxylic acids is 1. The summed E-state index contributed by atoms with van der Waals surface area (Å²) in [6.45, 7) is 2.05. The number of aryl methyl sites for hydroxylation is 2. The molecule has 4 heterocycles. The third-order valence-electron chi connectivity index (χ3n) is 10.6. The molecule has 1 aromatic heterocycles. The highest BCUT2D eigenvalue weighted by molar-refractivity contribution is 5.98. The van der Waals surface area contributed by atoms with Crippen LogP contribution in [0.2, 0.25) is 0 Å². The van der Waals surface area contributed by atoms with Crippen molar-refractivity contribution in [1.29, 1.82) is 0 Å². The van der Waals surface area contributed by atoms with E-state index < -0.39 is 55.0 Å². The number of rotatable bonds is 18. The fraction of sp³-hybridized carbons (Fsp3) is 0.341.